The number of fused-ring (bicyclic) bond motifs is 3. The molecule has 1 aliphatic heterocycles. The number of benzene rings is 2. The number of halogens is 1. The molecule has 0 unspecified atom stereocenters. The van der Waals surface area contributed by atoms with Crippen LogP contribution in [0.3, 0.4) is 0 Å². The minimum absolute atomic E-state index is 0.185. The van der Waals surface area contributed by atoms with E-state index in [1.54, 1.807) is 0 Å². The third-order valence-electron chi connectivity index (χ3n) is 6.53. The lowest BCUT2D eigenvalue weighted by atomic mass is 9.98. The number of anilines is 1. The van der Waals surface area contributed by atoms with E-state index in [4.69, 9.17) is 22.3 Å². The smallest absolute Gasteiger partial charge is 0.238 e. The highest BCUT2D eigenvalue weighted by atomic mass is 35.5. The molecule has 156 valence electrons. The molecule has 0 atom stereocenters. The Labute approximate surface area is 181 Å². The highest BCUT2D eigenvalue weighted by Gasteiger charge is 2.59. The SMILES string of the molecule is CC(C)CCn1c(CN2C(=O)C3(CC3)c3cc(Cl)ccc32)nc2cc(CN)ccc21. The molecular weight excluding hydrogens is 396 g/mol. The van der Waals surface area contributed by atoms with Gasteiger partial charge in [-0.2, -0.15) is 0 Å². The molecule has 0 saturated heterocycles. The van der Waals surface area contributed by atoms with Gasteiger partial charge in [0.2, 0.25) is 5.91 Å². The van der Waals surface area contributed by atoms with Crippen molar-refractivity contribution in [3.8, 4) is 0 Å². The number of amides is 1. The molecule has 1 aromatic heterocycles. The van der Waals surface area contributed by atoms with Crippen LogP contribution in [0.2, 0.25) is 5.02 Å². The fourth-order valence-corrected chi connectivity index (χ4v) is 4.80. The van der Waals surface area contributed by atoms with Crippen LogP contribution in [0.25, 0.3) is 11.0 Å². The molecule has 6 heteroatoms. The van der Waals surface area contributed by atoms with E-state index < -0.39 is 0 Å². The summed E-state index contributed by atoms with van der Waals surface area (Å²) in [6.45, 7) is 6.30. The number of imidazole rings is 1. The second-order valence-electron chi connectivity index (χ2n) is 9.02. The molecule has 1 aliphatic carbocycles. The maximum atomic E-state index is 13.4. The molecule has 2 aliphatic rings. The third-order valence-corrected chi connectivity index (χ3v) is 6.76. The van der Waals surface area contributed by atoms with Gasteiger partial charge in [-0.15, -0.1) is 0 Å². The number of hydrogen-bond donors (Lipinski definition) is 1. The van der Waals surface area contributed by atoms with Gasteiger partial charge in [0.25, 0.3) is 0 Å². The van der Waals surface area contributed by atoms with E-state index in [0.29, 0.717) is 24.0 Å². The quantitative estimate of drug-likeness (QED) is 0.622. The molecule has 3 aromatic rings. The van der Waals surface area contributed by atoms with Gasteiger partial charge >= 0.3 is 0 Å². The van der Waals surface area contributed by atoms with E-state index in [1.165, 1.54) is 0 Å². The van der Waals surface area contributed by atoms with Crippen molar-refractivity contribution in [2.24, 2.45) is 11.7 Å². The Bertz CT molecular complexity index is 1150. The zero-order valence-electron chi connectivity index (χ0n) is 17.5. The van der Waals surface area contributed by atoms with Crippen molar-refractivity contribution in [2.75, 3.05) is 4.90 Å². The maximum Gasteiger partial charge on any atom is 0.238 e. The fraction of sp³-hybridized carbons (Fsp3) is 0.417. The summed E-state index contributed by atoms with van der Waals surface area (Å²) < 4.78 is 2.27. The summed E-state index contributed by atoms with van der Waals surface area (Å²) in [5.74, 6) is 1.70. The molecule has 1 spiro atoms. The molecule has 5 rings (SSSR count). The first-order valence-corrected chi connectivity index (χ1v) is 11.1. The maximum absolute atomic E-state index is 13.4. The molecule has 2 N–H and O–H groups in total. The molecule has 2 aromatic carbocycles. The summed E-state index contributed by atoms with van der Waals surface area (Å²) in [4.78, 5) is 20.2. The average Bonchev–Trinajstić information content (AvgIpc) is 3.42. The number of nitrogens with zero attached hydrogens (tertiary/aromatic N) is 3. The van der Waals surface area contributed by atoms with Gasteiger partial charge in [0.15, 0.2) is 0 Å². The molecule has 1 saturated carbocycles. The van der Waals surface area contributed by atoms with Crippen LogP contribution < -0.4 is 10.6 Å². The average molecular weight is 423 g/mol. The zero-order chi connectivity index (χ0) is 21.0. The second-order valence-corrected chi connectivity index (χ2v) is 9.46. The largest absolute Gasteiger partial charge is 0.326 e. The van der Waals surface area contributed by atoms with Gasteiger partial charge in [0.05, 0.1) is 23.0 Å². The number of aryl methyl sites for hydroxylation is 1. The number of nitrogens with two attached hydrogens (primary N) is 1. The van der Waals surface area contributed by atoms with E-state index in [9.17, 15) is 4.79 Å². The lowest BCUT2D eigenvalue weighted by Gasteiger charge is -2.19. The summed E-state index contributed by atoms with van der Waals surface area (Å²) in [5, 5.41) is 0.688. The Morgan fingerprint density at radius 2 is 2.00 bits per heavy atom. The summed E-state index contributed by atoms with van der Waals surface area (Å²) in [5.41, 5.74) is 10.7. The minimum Gasteiger partial charge on any atom is -0.326 e. The summed E-state index contributed by atoms with van der Waals surface area (Å²) in [6, 6.07) is 12.1. The first-order valence-electron chi connectivity index (χ1n) is 10.7. The van der Waals surface area contributed by atoms with Gasteiger partial charge < -0.3 is 15.2 Å². The molecule has 0 bridgehead atoms. The van der Waals surface area contributed by atoms with Crippen molar-refractivity contribution < 1.29 is 4.79 Å². The van der Waals surface area contributed by atoms with Crippen LogP contribution in [0, 0.1) is 5.92 Å². The van der Waals surface area contributed by atoms with Crippen molar-refractivity contribution >= 4 is 34.2 Å². The van der Waals surface area contributed by atoms with E-state index in [2.05, 4.69) is 36.6 Å². The Balaban J connectivity index is 1.56. The first kappa shape index (κ1) is 19.6. The molecule has 2 heterocycles. The number of carbonyl (C=O) groups is 1. The van der Waals surface area contributed by atoms with Crippen molar-refractivity contribution in [3.63, 3.8) is 0 Å². The van der Waals surface area contributed by atoms with Gasteiger partial charge in [-0.1, -0.05) is 31.5 Å². The highest BCUT2D eigenvalue weighted by molar-refractivity contribution is 6.31. The summed E-state index contributed by atoms with van der Waals surface area (Å²) in [7, 11) is 0. The summed E-state index contributed by atoms with van der Waals surface area (Å²) in [6.07, 6.45) is 2.86. The van der Waals surface area contributed by atoms with Gasteiger partial charge in [-0.05, 0) is 66.6 Å². The first-order chi connectivity index (χ1) is 14.4. The fourth-order valence-electron chi connectivity index (χ4n) is 4.63. The second kappa shape index (κ2) is 7.10. The van der Waals surface area contributed by atoms with Crippen LogP contribution in [0.1, 0.15) is 50.1 Å². The minimum atomic E-state index is -0.359. The number of aromatic nitrogens is 2. The van der Waals surface area contributed by atoms with Crippen LogP contribution in [-0.2, 0) is 29.8 Å². The molecular formula is C24H27ClN4O. The standard InChI is InChI=1S/C24H27ClN4O/c1-15(2)7-10-28-21-5-3-16(13-26)11-19(21)27-22(28)14-29-20-6-4-17(25)12-18(20)24(8-9-24)23(29)30/h3-6,11-12,15H,7-10,13-14,26H2,1-2H3. The third kappa shape index (κ3) is 3.03. The van der Waals surface area contributed by atoms with Crippen LogP contribution in [0.5, 0.6) is 0 Å². The van der Waals surface area contributed by atoms with Crippen LogP contribution in [-0.4, -0.2) is 15.5 Å². The van der Waals surface area contributed by atoms with E-state index in [0.717, 1.165) is 59.5 Å². The van der Waals surface area contributed by atoms with E-state index in [-0.39, 0.29) is 11.3 Å². The Morgan fingerprint density at radius 3 is 2.70 bits per heavy atom. The predicted molar refractivity (Wildman–Crippen MR) is 121 cm³/mol. The van der Waals surface area contributed by atoms with E-state index >= 15 is 0 Å². The lowest BCUT2D eigenvalue weighted by Crippen LogP contribution is -2.32. The summed E-state index contributed by atoms with van der Waals surface area (Å²) >= 11 is 6.26. The topological polar surface area (TPSA) is 64.2 Å². The zero-order valence-corrected chi connectivity index (χ0v) is 18.2. The van der Waals surface area contributed by atoms with Crippen LogP contribution in [0.15, 0.2) is 36.4 Å². The number of carbonyl (C=O) groups excluding carboxylic acids is 1. The van der Waals surface area contributed by atoms with Crippen molar-refractivity contribution in [3.05, 3.63) is 58.4 Å². The Kier molecular flexibility index (Phi) is 4.64. The molecule has 5 nitrogen and oxygen atoms in total. The molecule has 0 radical (unpaired) electrons. The molecule has 1 fully saturated rings. The van der Waals surface area contributed by atoms with Gasteiger partial charge in [0, 0.05) is 23.8 Å². The van der Waals surface area contributed by atoms with E-state index in [1.807, 2.05) is 23.1 Å². The Morgan fingerprint density at radius 1 is 1.20 bits per heavy atom. The van der Waals surface area contributed by atoms with Gasteiger partial charge in [-0.3, -0.25) is 4.79 Å². The van der Waals surface area contributed by atoms with Crippen molar-refractivity contribution in [1.82, 2.24) is 9.55 Å². The normalized spacial score (nSPS) is 16.8. The van der Waals surface area contributed by atoms with Crippen LogP contribution in [0.4, 0.5) is 5.69 Å². The molecule has 1 amide bonds. The highest BCUT2D eigenvalue weighted by Crippen LogP contribution is 2.58. The monoisotopic (exact) mass is 422 g/mol. The number of hydrogen-bond acceptors (Lipinski definition) is 3. The van der Waals surface area contributed by atoms with Crippen molar-refractivity contribution in [2.45, 2.75) is 58.2 Å². The predicted octanol–water partition coefficient (Wildman–Crippen LogP) is 4.77. The Hall–Kier alpha value is -2.37. The van der Waals surface area contributed by atoms with Gasteiger partial charge in [0.1, 0.15) is 5.82 Å². The lowest BCUT2D eigenvalue weighted by molar-refractivity contribution is -0.120. The van der Waals surface area contributed by atoms with Gasteiger partial charge in [-0.25, -0.2) is 4.98 Å². The number of rotatable bonds is 6. The van der Waals surface area contributed by atoms with Crippen molar-refractivity contribution in [1.29, 1.82) is 0 Å². The molecule has 30 heavy (non-hydrogen) atoms. The van der Waals surface area contributed by atoms with Crippen LogP contribution >= 0.6 is 11.6 Å².